The summed E-state index contributed by atoms with van der Waals surface area (Å²) in [6.07, 6.45) is 4.56. The Morgan fingerprint density at radius 3 is 2.33 bits per heavy atom. The van der Waals surface area contributed by atoms with Crippen molar-refractivity contribution < 1.29 is 9.15 Å². The molecule has 0 amide bonds. The average Bonchev–Trinajstić information content (AvgIpc) is 2.68. The number of methoxy groups -OCH3 is 1. The summed E-state index contributed by atoms with van der Waals surface area (Å²) in [5, 5.41) is 0. The maximum Gasteiger partial charge on any atom is 0.360 e. The van der Waals surface area contributed by atoms with Gasteiger partial charge in [-0.05, 0) is 49.1 Å². The summed E-state index contributed by atoms with van der Waals surface area (Å²) in [5.41, 5.74) is 5.01. The summed E-state index contributed by atoms with van der Waals surface area (Å²) in [6.45, 7) is 0. The van der Waals surface area contributed by atoms with Crippen LogP contribution in [0.25, 0.3) is 22.5 Å². The minimum Gasteiger partial charge on any atom is -0.497 e. The first-order chi connectivity index (χ1) is 11.8. The molecule has 2 heteroatoms. The zero-order valence-corrected chi connectivity index (χ0v) is 13.9. The number of benzene rings is 2. The van der Waals surface area contributed by atoms with Gasteiger partial charge in [0.2, 0.25) is 0 Å². The second-order valence-electron chi connectivity index (χ2n) is 6.23. The SMILES string of the molecule is COc1ccc(-c2cc(-c3ccccc3)[o+]c3c2CCCC3)cc1. The lowest BCUT2D eigenvalue weighted by Gasteiger charge is -2.13. The van der Waals surface area contributed by atoms with Gasteiger partial charge in [0.05, 0.1) is 30.7 Å². The fraction of sp³-hybridized carbons (Fsp3) is 0.227. The third kappa shape index (κ3) is 2.80. The van der Waals surface area contributed by atoms with E-state index >= 15 is 0 Å². The Hall–Kier alpha value is -2.61. The molecule has 2 nitrogen and oxygen atoms in total. The Morgan fingerprint density at radius 2 is 1.58 bits per heavy atom. The van der Waals surface area contributed by atoms with Crippen LogP contribution in [0, 0.1) is 0 Å². The predicted octanol–water partition coefficient (Wildman–Crippen LogP) is 5.78. The summed E-state index contributed by atoms with van der Waals surface area (Å²) >= 11 is 0. The summed E-state index contributed by atoms with van der Waals surface area (Å²) < 4.78 is 11.6. The first-order valence-corrected chi connectivity index (χ1v) is 8.54. The number of ether oxygens (including phenoxy) is 1. The van der Waals surface area contributed by atoms with Crippen LogP contribution in [-0.4, -0.2) is 7.11 Å². The van der Waals surface area contributed by atoms with E-state index in [1.54, 1.807) is 7.11 Å². The average molecular weight is 317 g/mol. The van der Waals surface area contributed by atoms with Gasteiger partial charge in [-0.3, -0.25) is 0 Å². The number of fused-ring (bicyclic) bond motifs is 1. The van der Waals surface area contributed by atoms with E-state index in [0.717, 1.165) is 35.7 Å². The smallest absolute Gasteiger partial charge is 0.360 e. The van der Waals surface area contributed by atoms with Gasteiger partial charge >= 0.3 is 11.5 Å². The van der Waals surface area contributed by atoms with Crippen LogP contribution >= 0.6 is 0 Å². The molecule has 24 heavy (non-hydrogen) atoms. The van der Waals surface area contributed by atoms with E-state index in [1.165, 1.54) is 29.5 Å². The molecular formula is C22H21O2+. The highest BCUT2D eigenvalue weighted by Gasteiger charge is 2.27. The van der Waals surface area contributed by atoms with E-state index in [2.05, 4.69) is 42.5 Å². The molecule has 4 rings (SSSR count). The monoisotopic (exact) mass is 317 g/mol. The largest absolute Gasteiger partial charge is 0.497 e. The van der Waals surface area contributed by atoms with E-state index in [-0.39, 0.29) is 0 Å². The molecule has 3 aromatic rings. The molecule has 0 unspecified atom stereocenters. The third-order valence-corrected chi connectivity index (χ3v) is 4.71. The Labute approximate surface area is 142 Å². The molecule has 0 atom stereocenters. The van der Waals surface area contributed by atoms with Crippen molar-refractivity contribution in [3.05, 3.63) is 72.0 Å². The molecule has 1 heterocycles. The molecule has 0 bridgehead atoms. The van der Waals surface area contributed by atoms with Crippen molar-refractivity contribution in [3.8, 4) is 28.2 Å². The van der Waals surface area contributed by atoms with Crippen molar-refractivity contribution >= 4 is 0 Å². The standard InChI is InChI=1S/C22H21O2/c1-23-18-13-11-16(12-14-18)20-15-22(17-7-3-2-4-8-17)24-21-10-6-5-9-19(20)21/h2-4,7-8,11-15H,5-6,9-10H2,1H3/q+1. The topological polar surface area (TPSA) is 20.5 Å². The van der Waals surface area contributed by atoms with E-state index in [0.29, 0.717) is 0 Å². The summed E-state index contributed by atoms with van der Waals surface area (Å²) in [4.78, 5) is 0. The van der Waals surface area contributed by atoms with E-state index < -0.39 is 0 Å². The van der Waals surface area contributed by atoms with Crippen LogP contribution in [0.15, 0.2) is 65.1 Å². The zero-order valence-electron chi connectivity index (χ0n) is 13.9. The summed E-state index contributed by atoms with van der Waals surface area (Å²) in [5.74, 6) is 2.98. The fourth-order valence-electron chi connectivity index (χ4n) is 3.43. The quantitative estimate of drug-likeness (QED) is 0.571. The Morgan fingerprint density at radius 1 is 0.833 bits per heavy atom. The molecule has 0 saturated carbocycles. The van der Waals surface area contributed by atoms with Crippen molar-refractivity contribution in [2.24, 2.45) is 0 Å². The Bertz CT molecular complexity index is 836. The van der Waals surface area contributed by atoms with Crippen molar-refractivity contribution in [1.29, 1.82) is 0 Å². The van der Waals surface area contributed by atoms with Crippen LogP contribution in [0.5, 0.6) is 5.75 Å². The molecule has 0 radical (unpaired) electrons. The highest BCUT2D eigenvalue weighted by Crippen LogP contribution is 2.36. The highest BCUT2D eigenvalue weighted by molar-refractivity contribution is 5.73. The van der Waals surface area contributed by atoms with Gasteiger partial charge in [-0.1, -0.05) is 30.3 Å². The second kappa shape index (κ2) is 6.48. The summed E-state index contributed by atoms with van der Waals surface area (Å²) in [6, 6.07) is 20.9. The maximum atomic E-state index is 6.27. The highest BCUT2D eigenvalue weighted by atomic mass is 16.5. The first-order valence-electron chi connectivity index (χ1n) is 8.54. The molecule has 0 N–H and O–H groups in total. The van der Waals surface area contributed by atoms with Crippen LogP contribution in [0.1, 0.15) is 24.2 Å². The van der Waals surface area contributed by atoms with Gasteiger partial charge in [-0.25, -0.2) is 4.42 Å². The molecule has 1 aliphatic carbocycles. The molecule has 1 aromatic heterocycles. The summed E-state index contributed by atoms with van der Waals surface area (Å²) in [7, 11) is 1.70. The van der Waals surface area contributed by atoms with Crippen LogP contribution in [0.3, 0.4) is 0 Å². The van der Waals surface area contributed by atoms with Gasteiger partial charge in [0.1, 0.15) is 5.75 Å². The minimum absolute atomic E-state index is 0.886. The molecular weight excluding hydrogens is 296 g/mol. The lowest BCUT2D eigenvalue weighted by Crippen LogP contribution is -2.05. The van der Waals surface area contributed by atoms with Gasteiger partial charge in [0.15, 0.2) is 0 Å². The van der Waals surface area contributed by atoms with Crippen molar-refractivity contribution in [3.63, 3.8) is 0 Å². The van der Waals surface area contributed by atoms with Gasteiger partial charge < -0.3 is 4.74 Å². The number of rotatable bonds is 3. The molecule has 2 aromatic carbocycles. The molecule has 0 aliphatic heterocycles. The van der Waals surface area contributed by atoms with E-state index in [1.807, 2.05) is 18.2 Å². The van der Waals surface area contributed by atoms with Crippen LogP contribution in [-0.2, 0) is 12.8 Å². The third-order valence-electron chi connectivity index (χ3n) is 4.71. The Kier molecular flexibility index (Phi) is 4.04. The normalized spacial score (nSPS) is 13.4. The van der Waals surface area contributed by atoms with Crippen LogP contribution < -0.4 is 4.74 Å². The first kappa shape index (κ1) is 14.9. The van der Waals surface area contributed by atoms with E-state index in [4.69, 9.17) is 9.15 Å². The lowest BCUT2D eigenvalue weighted by molar-refractivity contribution is 0.415. The number of hydrogen-bond acceptors (Lipinski definition) is 1. The van der Waals surface area contributed by atoms with Gasteiger partial charge in [-0.2, -0.15) is 0 Å². The molecule has 0 spiro atoms. The van der Waals surface area contributed by atoms with Crippen molar-refractivity contribution in [1.82, 2.24) is 0 Å². The van der Waals surface area contributed by atoms with Gasteiger partial charge in [0, 0.05) is 5.56 Å². The molecule has 1 aliphatic rings. The van der Waals surface area contributed by atoms with Crippen molar-refractivity contribution in [2.45, 2.75) is 25.7 Å². The maximum absolute atomic E-state index is 6.27. The van der Waals surface area contributed by atoms with Crippen LogP contribution in [0.2, 0.25) is 0 Å². The van der Waals surface area contributed by atoms with E-state index in [9.17, 15) is 0 Å². The van der Waals surface area contributed by atoms with Crippen molar-refractivity contribution in [2.75, 3.05) is 7.11 Å². The molecule has 0 fully saturated rings. The minimum atomic E-state index is 0.886. The second-order valence-corrected chi connectivity index (χ2v) is 6.23. The number of aryl methyl sites for hydroxylation is 1. The lowest BCUT2D eigenvalue weighted by atomic mass is 9.89. The predicted molar refractivity (Wildman–Crippen MR) is 97.2 cm³/mol. The fourth-order valence-corrected chi connectivity index (χ4v) is 3.43. The van der Waals surface area contributed by atoms with Crippen LogP contribution in [0.4, 0.5) is 0 Å². The molecule has 0 saturated heterocycles. The number of hydrogen-bond donors (Lipinski definition) is 0. The Balaban J connectivity index is 1.87. The molecule has 120 valence electrons. The zero-order chi connectivity index (χ0) is 16.4. The van der Waals surface area contributed by atoms with Gasteiger partial charge in [-0.15, -0.1) is 0 Å². The van der Waals surface area contributed by atoms with Gasteiger partial charge in [0.25, 0.3) is 0 Å².